The number of nitrogens with zero attached hydrogens (tertiary/aromatic N) is 2. The molecule has 0 spiro atoms. The Bertz CT molecular complexity index is 441. The zero-order valence-corrected chi connectivity index (χ0v) is 12.2. The molecule has 0 aromatic carbocycles. The van der Waals surface area contributed by atoms with Gasteiger partial charge in [0, 0.05) is 13.6 Å². The molecular weight excluding hydrogens is 246 g/mol. The lowest BCUT2D eigenvalue weighted by molar-refractivity contribution is -0.140. The molecule has 6 heteroatoms. The van der Waals surface area contributed by atoms with Crippen molar-refractivity contribution >= 4 is 5.97 Å². The minimum Gasteiger partial charge on any atom is -0.481 e. The van der Waals surface area contributed by atoms with E-state index in [1.165, 1.54) is 0 Å². The van der Waals surface area contributed by atoms with Gasteiger partial charge in [0.2, 0.25) is 5.88 Å². The topological polar surface area (TPSA) is 76.4 Å². The highest BCUT2D eigenvalue weighted by atomic mass is 16.5. The van der Waals surface area contributed by atoms with Crippen molar-refractivity contribution in [1.82, 2.24) is 15.1 Å². The molecule has 2 N–H and O–H groups in total. The van der Waals surface area contributed by atoms with Crippen LogP contribution in [0, 0.1) is 12.8 Å². The van der Waals surface area contributed by atoms with Crippen LogP contribution in [-0.2, 0) is 18.4 Å². The van der Waals surface area contributed by atoms with Gasteiger partial charge in [-0.3, -0.25) is 4.79 Å². The van der Waals surface area contributed by atoms with E-state index in [1.807, 2.05) is 20.8 Å². The van der Waals surface area contributed by atoms with Crippen molar-refractivity contribution in [2.24, 2.45) is 13.0 Å². The molecule has 1 aromatic rings. The number of rotatable bonds is 7. The molecule has 1 unspecified atom stereocenters. The average Bonchev–Trinajstić information content (AvgIpc) is 2.57. The predicted molar refractivity (Wildman–Crippen MR) is 72.2 cm³/mol. The summed E-state index contributed by atoms with van der Waals surface area (Å²) in [6.07, 6.45) is 0.594. The fraction of sp³-hybridized carbons (Fsp3) is 0.692. The Labute approximate surface area is 113 Å². The van der Waals surface area contributed by atoms with E-state index < -0.39 is 12.0 Å². The smallest absolute Gasteiger partial charge is 0.320 e. The molecule has 6 nitrogen and oxygen atoms in total. The number of ether oxygens (including phenoxy) is 1. The number of aryl methyl sites for hydroxylation is 2. The number of hydrogen-bond acceptors (Lipinski definition) is 4. The number of methoxy groups -OCH3 is 1. The summed E-state index contributed by atoms with van der Waals surface area (Å²) in [5.41, 5.74) is 1.75. The van der Waals surface area contributed by atoms with Crippen molar-refractivity contribution in [3.8, 4) is 5.88 Å². The first-order valence-corrected chi connectivity index (χ1v) is 6.39. The van der Waals surface area contributed by atoms with Gasteiger partial charge < -0.3 is 15.2 Å². The van der Waals surface area contributed by atoms with Crippen LogP contribution in [0.2, 0.25) is 0 Å². The van der Waals surface area contributed by atoms with Gasteiger partial charge in [0.15, 0.2) is 0 Å². The summed E-state index contributed by atoms with van der Waals surface area (Å²) < 4.78 is 6.94. The van der Waals surface area contributed by atoms with E-state index in [4.69, 9.17) is 4.74 Å². The van der Waals surface area contributed by atoms with Gasteiger partial charge in [0.25, 0.3) is 0 Å². The number of nitrogens with one attached hydrogen (secondary N) is 1. The van der Waals surface area contributed by atoms with Crippen LogP contribution in [0.3, 0.4) is 0 Å². The number of aliphatic carboxylic acids is 1. The highest BCUT2D eigenvalue weighted by molar-refractivity contribution is 5.73. The molecule has 0 aliphatic heterocycles. The molecule has 0 saturated carbocycles. The standard InChI is InChI=1S/C13H23N3O3/c1-8(2)6-11(13(17)18)14-7-10-9(3)15-16(4)12(10)19-5/h8,11,14H,6-7H2,1-5H3,(H,17,18). The summed E-state index contributed by atoms with van der Waals surface area (Å²) >= 11 is 0. The minimum absolute atomic E-state index is 0.325. The van der Waals surface area contributed by atoms with E-state index in [1.54, 1.807) is 18.8 Å². The quantitative estimate of drug-likeness (QED) is 0.781. The van der Waals surface area contributed by atoms with Crippen LogP contribution in [0.15, 0.2) is 0 Å². The summed E-state index contributed by atoms with van der Waals surface area (Å²) in [5, 5.41) is 16.5. The molecule has 0 aliphatic carbocycles. The monoisotopic (exact) mass is 269 g/mol. The fourth-order valence-corrected chi connectivity index (χ4v) is 2.11. The second kappa shape index (κ2) is 6.56. The van der Waals surface area contributed by atoms with E-state index in [2.05, 4.69) is 10.4 Å². The summed E-state index contributed by atoms with van der Waals surface area (Å²) in [6, 6.07) is -0.552. The maximum Gasteiger partial charge on any atom is 0.320 e. The van der Waals surface area contributed by atoms with Crippen molar-refractivity contribution < 1.29 is 14.6 Å². The van der Waals surface area contributed by atoms with Crippen molar-refractivity contribution in [2.75, 3.05) is 7.11 Å². The van der Waals surface area contributed by atoms with Crippen LogP contribution in [0.5, 0.6) is 5.88 Å². The molecule has 0 radical (unpaired) electrons. The Morgan fingerprint density at radius 1 is 1.53 bits per heavy atom. The average molecular weight is 269 g/mol. The molecule has 0 saturated heterocycles. The minimum atomic E-state index is -0.825. The second-order valence-electron chi connectivity index (χ2n) is 5.10. The normalized spacial score (nSPS) is 12.7. The van der Waals surface area contributed by atoms with Gasteiger partial charge >= 0.3 is 5.97 Å². The van der Waals surface area contributed by atoms with E-state index >= 15 is 0 Å². The zero-order chi connectivity index (χ0) is 14.6. The second-order valence-corrected chi connectivity index (χ2v) is 5.10. The van der Waals surface area contributed by atoms with Crippen molar-refractivity contribution in [1.29, 1.82) is 0 Å². The summed E-state index contributed by atoms with van der Waals surface area (Å²) in [7, 11) is 3.39. The van der Waals surface area contributed by atoms with Crippen molar-refractivity contribution in [3.05, 3.63) is 11.3 Å². The first-order valence-electron chi connectivity index (χ1n) is 6.39. The molecule has 0 fully saturated rings. The lowest BCUT2D eigenvalue weighted by Gasteiger charge is -2.16. The van der Waals surface area contributed by atoms with Crippen LogP contribution in [0.4, 0.5) is 0 Å². The lowest BCUT2D eigenvalue weighted by Crippen LogP contribution is -2.37. The van der Waals surface area contributed by atoms with Gasteiger partial charge in [-0.15, -0.1) is 0 Å². The lowest BCUT2D eigenvalue weighted by atomic mass is 10.0. The fourth-order valence-electron chi connectivity index (χ4n) is 2.11. The Morgan fingerprint density at radius 2 is 2.16 bits per heavy atom. The first-order chi connectivity index (χ1) is 8.86. The summed E-state index contributed by atoms with van der Waals surface area (Å²) in [4.78, 5) is 11.2. The highest BCUT2D eigenvalue weighted by Crippen LogP contribution is 2.21. The number of carboxylic acid groups (broad SMARTS) is 1. The molecule has 0 bridgehead atoms. The SMILES string of the molecule is COc1c(CNC(CC(C)C)C(=O)O)c(C)nn1C. The molecule has 1 aromatic heterocycles. The van der Waals surface area contributed by atoms with Crippen LogP contribution in [0.25, 0.3) is 0 Å². The van der Waals surface area contributed by atoms with E-state index in [-0.39, 0.29) is 0 Å². The predicted octanol–water partition coefficient (Wildman–Crippen LogP) is 1.33. The van der Waals surface area contributed by atoms with Gasteiger partial charge in [-0.1, -0.05) is 13.8 Å². The Kier molecular flexibility index (Phi) is 5.35. The zero-order valence-electron chi connectivity index (χ0n) is 12.2. The van der Waals surface area contributed by atoms with Crippen molar-refractivity contribution in [3.63, 3.8) is 0 Å². The molecule has 0 aliphatic rings. The van der Waals surface area contributed by atoms with E-state index in [0.717, 1.165) is 11.3 Å². The summed E-state index contributed by atoms with van der Waals surface area (Å²) in [5.74, 6) is 0.165. The maximum absolute atomic E-state index is 11.2. The highest BCUT2D eigenvalue weighted by Gasteiger charge is 2.20. The van der Waals surface area contributed by atoms with Crippen molar-refractivity contribution in [2.45, 2.75) is 39.8 Å². The number of carbonyl (C=O) groups is 1. The van der Waals surface area contributed by atoms with Gasteiger partial charge in [-0.2, -0.15) is 5.10 Å². The maximum atomic E-state index is 11.2. The van der Waals surface area contributed by atoms with Crippen LogP contribution in [-0.4, -0.2) is 34.0 Å². The van der Waals surface area contributed by atoms with Gasteiger partial charge in [0.05, 0.1) is 18.4 Å². The Balaban J connectivity index is 2.77. The molecule has 19 heavy (non-hydrogen) atoms. The number of aromatic nitrogens is 2. The molecule has 1 rings (SSSR count). The molecule has 108 valence electrons. The van der Waals surface area contributed by atoms with Gasteiger partial charge in [-0.05, 0) is 19.3 Å². The number of hydrogen-bond donors (Lipinski definition) is 2. The number of carboxylic acids is 1. The largest absolute Gasteiger partial charge is 0.481 e. The third-order valence-corrected chi connectivity index (χ3v) is 3.01. The summed E-state index contributed by atoms with van der Waals surface area (Å²) in [6.45, 7) is 6.34. The van der Waals surface area contributed by atoms with Gasteiger partial charge in [-0.25, -0.2) is 4.68 Å². The third-order valence-electron chi connectivity index (χ3n) is 3.01. The van der Waals surface area contributed by atoms with Crippen LogP contribution < -0.4 is 10.1 Å². The van der Waals surface area contributed by atoms with Gasteiger partial charge in [0.1, 0.15) is 6.04 Å². The molecular formula is C13H23N3O3. The van der Waals surface area contributed by atoms with E-state index in [0.29, 0.717) is 24.8 Å². The Morgan fingerprint density at radius 3 is 2.63 bits per heavy atom. The van der Waals surface area contributed by atoms with E-state index in [9.17, 15) is 9.90 Å². The Hall–Kier alpha value is -1.56. The van der Waals surface area contributed by atoms with Crippen LogP contribution in [0.1, 0.15) is 31.5 Å². The molecule has 1 atom stereocenters. The first kappa shape index (κ1) is 15.5. The molecule has 0 amide bonds. The third kappa shape index (κ3) is 3.96. The molecule has 1 heterocycles. The van der Waals surface area contributed by atoms with Crippen LogP contribution >= 0.6 is 0 Å².